The Morgan fingerprint density at radius 3 is 1.97 bits per heavy atom. The van der Waals surface area contributed by atoms with Gasteiger partial charge in [-0.15, -0.1) is 0 Å². The van der Waals surface area contributed by atoms with Crippen molar-refractivity contribution in [3.8, 4) is 11.5 Å². The molecule has 3 aromatic rings. The number of ether oxygens (including phenoxy) is 1. The van der Waals surface area contributed by atoms with Crippen LogP contribution in [0.5, 0.6) is 11.5 Å². The summed E-state index contributed by atoms with van der Waals surface area (Å²) in [5.41, 5.74) is -1.65. The molecular formula is C25H23F3O4. The molecule has 0 saturated carbocycles. The number of aliphatic carboxylic acids is 1. The Morgan fingerprint density at radius 1 is 0.906 bits per heavy atom. The first-order chi connectivity index (χ1) is 15.2. The molecule has 0 aliphatic carbocycles. The Hall–Kier alpha value is -3.32. The van der Waals surface area contributed by atoms with Gasteiger partial charge in [-0.25, -0.2) is 0 Å². The number of alkyl halides is 3. The van der Waals surface area contributed by atoms with Crippen LogP contribution in [0.3, 0.4) is 0 Å². The topological polar surface area (TPSA) is 66.8 Å². The Balaban J connectivity index is 1.84. The van der Waals surface area contributed by atoms with Crippen LogP contribution >= 0.6 is 0 Å². The number of carboxylic acids is 1. The lowest BCUT2D eigenvalue weighted by Gasteiger charge is -2.34. The van der Waals surface area contributed by atoms with Gasteiger partial charge in [-0.1, -0.05) is 49.4 Å². The van der Waals surface area contributed by atoms with E-state index >= 15 is 0 Å². The zero-order chi connectivity index (χ0) is 23.4. The van der Waals surface area contributed by atoms with E-state index in [4.69, 9.17) is 4.74 Å². The van der Waals surface area contributed by atoms with Gasteiger partial charge in [0.2, 0.25) is 0 Å². The summed E-state index contributed by atoms with van der Waals surface area (Å²) in [6.45, 7) is 1.63. The maximum absolute atomic E-state index is 12.8. The summed E-state index contributed by atoms with van der Waals surface area (Å²) >= 11 is 0. The van der Waals surface area contributed by atoms with Gasteiger partial charge in [-0.2, -0.15) is 13.2 Å². The van der Waals surface area contributed by atoms with Crippen molar-refractivity contribution < 1.29 is 32.9 Å². The zero-order valence-corrected chi connectivity index (χ0v) is 17.3. The third kappa shape index (κ3) is 5.11. The second kappa shape index (κ2) is 9.44. The quantitative estimate of drug-likeness (QED) is 0.431. The van der Waals surface area contributed by atoms with Gasteiger partial charge < -0.3 is 14.9 Å². The van der Waals surface area contributed by atoms with E-state index < -0.39 is 29.2 Å². The molecule has 4 nitrogen and oxygen atoms in total. The third-order valence-electron chi connectivity index (χ3n) is 5.56. The van der Waals surface area contributed by atoms with Crippen molar-refractivity contribution in [3.63, 3.8) is 0 Å². The minimum atomic E-state index is -4.48. The molecule has 32 heavy (non-hydrogen) atoms. The Labute approximate surface area is 183 Å². The molecule has 0 bridgehead atoms. The van der Waals surface area contributed by atoms with E-state index in [1.807, 2.05) is 18.2 Å². The monoisotopic (exact) mass is 444 g/mol. The Morgan fingerprint density at radius 2 is 1.47 bits per heavy atom. The molecule has 0 radical (unpaired) electrons. The highest BCUT2D eigenvalue weighted by Crippen LogP contribution is 2.41. The summed E-state index contributed by atoms with van der Waals surface area (Å²) in [7, 11) is 0. The fourth-order valence-electron chi connectivity index (χ4n) is 3.60. The number of benzene rings is 3. The van der Waals surface area contributed by atoms with Crippen LogP contribution in [0, 0.1) is 5.41 Å². The fraction of sp³-hybridized carbons (Fsp3) is 0.240. The highest BCUT2D eigenvalue weighted by atomic mass is 19.4. The van der Waals surface area contributed by atoms with Crippen LogP contribution in [0.25, 0.3) is 0 Å². The summed E-state index contributed by atoms with van der Waals surface area (Å²) in [5, 5.41) is 21.0. The normalized spacial score (nSPS) is 14.4. The number of hydrogen-bond donors (Lipinski definition) is 2. The standard InChI is InChI=1S/C25H23F3O4/c1-2-24(23(30)31,16-17-8-12-19(13-9-17)25(26,27)28)22(29)18-10-14-21(15-11-18)32-20-6-4-3-5-7-20/h3-15,22,29H,2,16H2,1H3,(H,30,31). The van der Waals surface area contributed by atoms with E-state index in [-0.39, 0.29) is 12.8 Å². The van der Waals surface area contributed by atoms with Crippen LogP contribution in [-0.4, -0.2) is 16.2 Å². The van der Waals surface area contributed by atoms with E-state index in [9.17, 15) is 28.2 Å². The van der Waals surface area contributed by atoms with Crippen LogP contribution < -0.4 is 4.74 Å². The predicted molar refractivity (Wildman–Crippen MR) is 113 cm³/mol. The maximum atomic E-state index is 12.8. The molecule has 0 fully saturated rings. The number of para-hydroxylation sites is 1. The van der Waals surface area contributed by atoms with Crippen LogP contribution in [0.2, 0.25) is 0 Å². The molecule has 168 valence electrons. The Bertz CT molecular complexity index is 1030. The first kappa shape index (κ1) is 23.3. The van der Waals surface area contributed by atoms with Crippen LogP contribution in [0.15, 0.2) is 78.9 Å². The lowest BCUT2D eigenvalue weighted by atomic mass is 9.72. The van der Waals surface area contributed by atoms with Gasteiger partial charge >= 0.3 is 12.1 Å². The van der Waals surface area contributed by atoms with Gasteiger partial charge in [0.1, 0.15) is 16.9 Å². The van der Waals surface area contributed by atoms with E-state index in [2.05, 4.69) is 0 Å². The van der Waals surface area contributed by atoms with Crippen molar-refractivity contribution in [1.82, 2.24) is 0 Å². The zero-order valence-electron chi connectivity index (χ0n) is 17.3. The second-order valence-corrected chi connectivity index (χ2v) is 7.57. The number of halogens is 3. The number of aliphatic hydroxyl groups excluding tert-OH is 1. The van der Waals surface area contributed by atoms with Crippen LogP contribution in [0.4, 0.5) is 13.2 Å². The molecule has 2 unspecified atom stereocenters. The average Bonchev–Trinajstić information content (AvgIpc) is 2.78. The fourth-order valence-corrected chi connectivity index (χ4v) is 3.60. The number of carbonyl (C=O) groups is 1. The summed E-state index contributed by atoms with van der Waals surface area (Å²) < 4.78 is 44.2. The lowest BCUT2D eigenvalue weighted by Crippen LogP contribution is -2.39. The molecule has 3 rings (SSSR count). The molecule has 7 heteroatoms. The number of rotatable bonds is 8. The average molecular weight is 444 g/mol. The molecule has 0 aliphatic rings. The molecule has 3 aromatic carbocycles. The van der Waals surface area contributed by atoms with E-state index in [0.29, 0.717) is 22.6 Å². The third-order valence-corrected chi connectivity index (χ3v) is 5.56. The summed E-state index contributed by atoms with van der Waals surface area (Å²) in [5.74, 6) is -0.0686. The van der Waals surface area contributed by atoms with Gasteiger partial charge in [-0.3, -0.25) is 4.79 Å². The SMILES string of the molecule is CCC(Cc1ccc(C(F)(F)F)cc1)(C(=O)O)C(O)c1ccc(Oc2ccccc2)cc1. The number of aliphatic hydroxyl groups is 1. The molecule has 0 heterocycles. The smallest absolute Gasteiger partial charge is 0.416 e. The van der Waals surface area contributed by atoms with Crippen LogP contribution in [0.1, 0.15) is 36.1 Å². The molecular weight excluding hydrogens is 421 g/mol. The van der Waals surface area contributed by atoms with Crippen LogP contribution in [-0.2, 0) is 17.4 Å². The van der Waals surface area contributed by atoms with Gasteiger partial charge in [0.15, 0.2) is 0 Å². The van der Waals surface area contributed by atoms with E-state index in [1.54, 1.807) is 43.3 Å². The second-order valence-electron chi connectivity index (χ2n) is 7.57. The first-order valence-corrected chi connectivity index (χ1v) is 10.1. The minimum absolute atomic E-state index is 0.0762. The Kier molecular flexibility index (Phi) is 6.89. The van der Waals surface area contributed by atoms with Crippen molar-refractivity contribution in [2.24, 2.45) is 5.41 Å². The van der Waals surface area contributed by atoms with Gasteiger partial charge in [0.25, 0.3) is 0 Å². The molecule has 0 aromatic heterocycles. The molecule has 0 spiro atoms. The van der Waals surface area contributed by atoms with Gasteiger partial charge in [0, 0.05) is 0 Å². The van der Waals surface area contributed by atoms with E-state index in [1.165, 1.54) is 12.1 Å². The largest absolute Gasteiger partial charge is 0.481 e. The summed E-state index contributed by atoms with van der Waals surface area (Å²) in [6.07, 6.45) is -5.90. The van der Waals surface area contributed by atoms with E-state index in [0.717, 1.165) is 12.1 Å². The van der Waals surface area contributed by atoms with Crippen molar-refractivity contribution in [2.75, 3.05) is 0 Å². The summed E-state index contributed by atoms with van der Waals surface area (Å²) in [4.78, 5) is 12.2. The highest BCUT2D eigenvalue weighted by Gasteiger charge is 2.45. The maximum Gasteiger partial charge on any atom is 0.416 e. The van der Waals surface area contributed by atoms with Crippen molar-refractivity contribution >= 4 is 5.97 Å². The van der Waals surface area contributed by atoms with Crippen molar-refractivity contribution in [2.45, 2.75) is 32.0 Å². The lowest BCUT2D eigenvalue weighted by molar-refractivity contribution is -0.157. The minimum Gasteiger partial charge on any atom is -0.481 e. The van der Waals surface area contributed by atoms with Crippen molar-refractivity contribution in [3.05, 3.63) is 95.6 Å². The first-order valence-electron chi connectivity index (χ1n) is 10.1. The molecule has 2 atom stereocenters. The highest BCUT2D eigenvalue weighted by molar-refractivity contribution is 5.76. The molecule has 0 aliphatic heterocycles. The van der Waals surface area contributed by atoms with Crippen molar-refractivity contribution in [1.29, 1.82) is 0 Å². The van der Waals surface area contributed by atoms with Gasteiger partial charge in [0.05, 0.1) is 11.7 Å². The predicted octanol–water partition coefficient (Wildman–Crippen LogP) is 6.25. The summed E-state index contributed by atoms with van der Waals surface area (Å²) in [6, 6.07) is 19.9. The molecule has 0 saturated heterocycles. The number of hydrogen-bond acceptors (Lipinski definition) is 3. The molecule has 2 N–H and O–H groups in total. The number of carboxylic acid groups (broad SMARTS) is 1. The molecule has 0 amide bonds. The van der Waals surface area contributed by atoms with Gasteiger partial charge in [-0.05, 0) is 60.4 Å².